The Hall–Kier alpha value is -3.63. The zero-order chi connectivity index (χ0) is 26.7. The molecule has 3 heterocycles. The number of hydrogen-bond acceptors (Lipinski definition) is 8. The van der Waals surface area contributed by atoms with Gasteiger partial charge in [-0.2, -0.15) is 15.0 Å². The molecule has 10 heteroatoms. The van der Waals surface area contributed by atoms with Crippen molar-refractivity contribution in [3.05, 3.63) is 60.9 Å². The Morgan fingerprint density at radius 1 is 0.974 bits per heavy atom. The second kappa shape index (κ2) is 11.2. The topological polar surface area (TPSA) is 85.2 Å². The number of rotatable bonds is 10. The lowest BCUT2D eigenvalue weighted by Gasteiger charge is -2.40. The van der Waals surface area contributed by atoms with Gasteiger partial charge < -0.3 is 28.9 Å². The Morgan fingerprint density at radius 3 is 2.15 bits per heavy atom. The molecule has 1 aromatic heterocycles. The molecule has 1 saturated carbocycles. The second-order valence-electron chi connectivity index (χ2n) is 10.6. The van der Waals surface area contributed by atoms with Crippen LogP contribution < -0.4 is 19.4 Å². The van der Waals surface area contributed by atoms with Crippen LogP contribution in [0.25, 0.3) is 0 Å². The van der Waals surface area contributed by atoms with E-state index in [4.69, 9.17) is 14.2 Å². The molecule has 3 aromatic rings. The van der Waals surface area contributed by atoms with Crippen molar-refractivity contribution in [2.75, 3.05) is 61.1 Å². The molecule has 206 valence electrons. The Kier molecular flexibility index (Phi) is 7.38. The quantitative estimate of drug-likeness (QED) is 0.368. The molecule has 0 N–H and O–H groups in total. The maximum atomic E-state index is 11.0. The van der Waals surface area contributed by atoms with Crippen LogP contribution in [0.4, 0.5) is 17.1 Å². The molecule has 0 radical (unpaired) electrons. The molecule has 10 nitrogen and oxygen atoms in total. The van der Waals surface area contributed by atoms with Crippen LogP contribution in [0, 0.1) is 5.92 Å². The molecule has 2 saturated heterocycles. The molecule has 0 spiro atoms. The molecule has 6 rings (SSSR count). The summed E-state index contributed by atoms with van der Waals surface area (Å²) in [5.41, 5.74) is 3.27. The van der Waals surface area contributed by atoms with E-state index in [9.17, 15) is 4.79 Å². The molecule has 2 aromatic carbocycles. The summed E-state index contributed by atoms with van der Waals surface area (Å²) in [5, 5.41) is 8.52. The van der Waals surface area contributed by atoms with Crippen molar-refractivity contribution in [1.82, 2.24) is 15.0 Å². The van der Waals surface area contributed by atoms with Gasteiger partial charge in [-0.05, 0) is 61.4 Å². The first-order chi connectivity index (χ1) is 19.1. The van der Waals surface area contributed by atoms with E-state index in [1.54, 1.807) is 29.1 Å². The van der Waals surface area contributed by atoms with E-state index >= 15 is 0 Å². The molecule has 2 atom stereocenters. The predicted octanol–water partition coefficient (Wildman–Crippen LogP) is 3.19. The van der Waals surface area contributed by atoms with E-state index in [0.29, 0.717) is 25.7 Å². The number of piperazine rings is 1. The van der Waals surface area contributed by atoms with Gasteiger partial charge >= 0.3 is 0 Å². The lowest BCUT2D eigenvalue weighted by atomic mass is 9.78. The number of hydrogen-bond donors (Lipinski definition) is 0. The second-order valence-corrected chi connectivity index (χ2v) is 10.6. The SMILES string of the molecule is CN(C=O)c1ccc(N2CCN(c3ccc(OCC4COC(Cn5nccn5)(C5CCC5)O4)cc3)CC2)cc1. The maximum absolute atomic E-state index is 11.0. The standard InChI is InChI=1S/C29H36N6O4/c1-32(22-36)24-5-7-25(8-6-24)33-15-17-34(18-16-33)26-9-11-27(12-10-26)37-19-28-20-38-29(39-28,23-3-2-4-23)21-35-30-13-14-31-35/h5-14,22-23,28H,2-4,15-21H2,1H3. The number of carbonyl (C=O) groups excluding carboxylic acids is 1. The Morgan fingerprint density at radius 2 is 1.59 bits per heavy atom. The zero-order valence-corrected chi connectivity index (χ0v) is 22.4. The number of aromatic nitrogens is 3. The lowest BCUT2D eigenvalue weighted by Crippen LogP contribution is -2.47. The van der Waals surface area contributed by atoms with E-state index < -0.39 is 5.79 Å². The molecule has 39 heavy (non-hydrogen) atoms. The minimum absolute atomic E-state index is 0.123. The smallest absolute Gasteiger partial charge is 0.213 e. The van der Waals surface area contributed by atoms with Crippen LogP contribution >= 0.6 is 0 Å². The average Bonchev–Trinajstić information content (AvgIpc) is 3.61. The third-order valence-corrected chi connectivity index (χ3v) is 8.13. The van der Waals surface area contributed by atoms with Crippen LogP contribution in [0.5, 0.6) is 5.75 Å². The van der Waals surface area contributed by atoms with Gasteiger partial charge in [-0.15, -0.1) is 0 Å². The van der Waals surface area contributed by atoms with E-state index in [1.807, 2.05) is 24.3 Å². The van der Waals surface area contributed by atoms with Crippen LogP contribution in [-0.4, -0.2) is 79.7 Å². The molecular weight excluding hydrogens is 496 g/mol. The van der Waals surface area contributed by atoms with Gasteiger partial charge in [-0.3, -0.25) is 4.79 Å². The summed E-state index contributed by atoms with van der Waals surface area (Å²) in [7, 11) is 1.76. The van der Waals surface area contributed by atoms with Crippen LogP contribution in [0.15, 0.2) is 60.9 Å². The van der Waals surface area contributed by atoms with Crippen LogP contribution in [0.1, 0.15) is 19.3 Å². The van der Waals surface area contributed by atoms with Crippen molar-refractivity contribution in [3.63, 3.8) is 0 Å². The first kappa shape index (κ1) is 25.6. The molecule has 1 aliphatic carbocycles. The third-order valence-electron chi connectivity index (χ3n) is 8.13. The summed E-state index contributed by atoms with van der Waals surface area (Å²) in [4.78, 5) is 19.0. The number of carbonyl (C=O) groups is 1. The number of anilines is 3. The third kappa shape index (κ3) is 5.58. The Labute approximate surface area is 229 Å². The van der Waals surface area contributed by atoms with Crippen molar-refractivity contribution in [1.29, 1.82) is 0 Å². The Balaban J connectivity index is 0.987. The van der Waals surface area contributed by atoms with Gasteiger partial charge in [0.2, 0.25) is 6.41 Å². The van der Waals surface area contributed by atoms with Crippen molar-refractivity contribution in [2.45, 2.75) is 37.7 Å². The van der Waals surface area contributed by atoms with Gasteiger partial charge in [0.1, 0.15) is 25.0 Å². The van der Waals surface area contributed by atoms with Gasteiger partial charge in [0.05, 0.1) is 19.0 Å². The summed E-state index contributed by atoms with van der Waals surface area (Å²) in [6, 6.07) is 16.5. The Bertz CT molecular complexity index is 1210. The van der Waals surface area contributed by atoms with E-state index in [2.05, 4.69) is 44.3 Å². The minimum Gasteiger partial charge on any atom is -0.491 e. The molecule has 2 unspecified atom stereocenters. The molecular formula is C29H36N6O4. The number of ether oxygens (including phenoxy) is 3. The lowest BCUT2D eigenvalue weighted by molar-refractivity contribution is -0.233. The number of benzene rings is 2. The fourth-order valence-electron chi connectivity index (χ4n) is 5.59. The first-order valence-corrected chi connectivity index (χ1v) is 13.8. The van der Waals surface area contributed by atoms with Gasteiger partial charge in [0.25, 0.3) is 0 Å². The first-order valence-electron chi connectivity index (χ1n) is 13.8. The van der Waals surface area contributed by atoms with Crippen LogP contribution in [-0.2, 0) is 20.8 Å². The maximum Gasteiger partial charge on any atom is 0.213 e. The predicted molar refractivity (Wildman–Crippen MR) is 148 cm³/mol. The molecule has 3 fully saturated rings. The fourth-order valence-corrected chi connectivity index (χ4v) is 5.59. The van der Waals surface area contributed by atoms with Crippen molar-refractivity contribution >= 4 is 23.5 Å². The summed E-state index contributed by atoms with van der Waals surface area (Å²) in [6.07, 6.45) is 7.49. The van der Waals surface area contributed by atoms with Gasteiger partial charge in [0.15, 0.2) is 5.79 Å². The van der Waals surface area contributed by atoms with Crippen LogP contribution in [0.2, 0.25) is 0 Å². The highest BCUT2D eigenvalue weighted by Gasteiger charge is 2.50. The van der Waals surface area contributed by atoms with E-state index in [-0.39, 0.29) is 6.10 Å². The largest absolute Gasteiger partial charge is 0.491 e. The van der Waals surface area contributed by atoms with Gasteiger partial charge in [-0.25, -0.2) is 0 Å². The number of nitrogens with zero attached hydrogens (tertiary/aromatic N) is 6. The van der Waals surface area contributed by atoms with Gasteiger partial charge in [0, 0.05) is 56.2 Å². The van der Waals surface area contributed by atoms with Crippen LogP contribution in [0.3, 0.4) is 0 Å². The monoisotopic (exact) mass is 532 g/mol. The van der Waals surface area contributed by atoms with Crippen molar-refractivity contribution < 1.29 is 19.0 Å². The summed E-state index contributed by atoms with van der Waals surface area (Å²) in [6.45, 7) is 5.23. The normalized spacial score (nSPS) is 23.5. The summed E-state index contributed by atoms with van der Waals surface area (Å²) in [5.74, 6) is 0.540. The van der Waals surface area contributed by atoms with E-state index in [1.165, 1.54) is 17.8 Å². The molecule has 1 amide bonds. The van der Waals surface area contributed by atoms with Gasteiger partial charge in [-0.1, -0.05) is 6.42 Å². The van der Waals surface area contributed by atoms with E-state index in [0.717, 1.165) is 56.9 Å². The average molecular weight is 533 g/mol. The highest BCUT2D eigenvalue weighted by Crippen LogP contribution is 2.43. The minimum atomic E-state index is -0.662. The summed E-state index contributed by atoms with van der Waals surface area (Å²) < 4.78 is 18.8. The fraction of sp³-hybridized carbons (Fsp3) is 0.483. The molecule has 2 aliphatic heterocycles. The van der Waals surface area contributed by atoms with Crippen molar-refractivity contribution in [2.24, 2.45) is 5.92 Å². The van der Waals surface area contributed by atoms with Crippen molar-refractivity contribution in [3.8, 4) is 5.75 Å². The molecule has 0 bridgehead atoms. The highest BCUT2D eigenvalue weighted by molar-refractivity contribution is 5.75. The molecule has 3 aliphatic rings. The highest BCUT2D eigenvalue weighted by atomic mass is 16.8. The zero-order valence-electron chi connectivity index (χ0n) is 22.4. The number of amides is 1. The summed E-state index contributed by atoms with van der Waals surface area (Å²) >= 11 is 0.